The Bertz CT molecular complexity index is 597. The number of nitrogens with two attached hydrogens (primary N) is 1. The van der Waals surface area contributed by atoms with Crippen molar-refractivity contribution in [3.05, 3.63) is 64.2 Å². The summed E-state index contributed by atoms with van der Waals surface area (Å²) < 4.78 is 5.77. The van der Waals surface area contributed by atoms with Gasteiger partial charge in [0.05, 0.1) is 4.92 Å². The third-order valence-corrected chi connectivity index (χ3v) is 2.77. The lowest BCUT2D eigenvalue weighted by Gasteiger charge is -2.12. The second-order valence-corrected chi connectivity index (χ2v) is 4.65. The van der Waals surface area contributed by atoms with E-state index in [1.165, 1.54) is 12.1 Å². The molecule has 1 unspecified atom stereocenters. The summed E-state index contributed by atoms with van der Waals surface area (Å²) in [6, 6.07) is 13.8. The molecule has 5 heteroatoms. The summed E-state index contributed by atoms with van der Waals surface area (Å²) in [5, 5.41) is 10.8. The van der Waals surface area contributed by atoms with Crippen LogP contribution in [0.25, 0.3) is 0 Å². The van der Waals surface area contributed by atoms with Gasteiger partial charge in [0, 0.05) is 23.7 Å². The smallest absolute Gasteiger partial charge is 0.269 e. The van der Waals surface area contributed by atoms with Crippen molar-refractivity contribution in [2.45, 2.75) is 19.4 Å². The van der Waals surface area contributed by atoms with Crippen LogP contribution >= 0.6 is 0 Å². The van der Waals surface area contributed by atoms with Crippen LogP contribution in [0.3, 0.4) is 0 Å². The largest absolute Gasteiger partial charge is 0.457 e. The minimum Gasteiger partial charge on any atom is -0.457 e. The molecule has 0 heterocycles. The van der Waals surface area contributed by atoms with Crippen LogP contribution in [-0.2, 0) is 6.42 Å². The Morgan fingerprint density at radius 3 is 2.55 bits per heavy atom. The molecule has 20 heavy (non-hydrogen) atoms. The Kier molecular flexibility index (Phi) is 4.32. The number of benzene rings is 2. The molecule has 0 spiro atoms. The van der Waals surface area contributed by atoms with Gasteiger partial charge in [-0.05, 0) is 31.5 Å². The van der Waals surface area contributed by atoms with Crippen molar-refractivity contribution in [2.75, 3.05) is 0 Å². The van der Waals surface area contributed by atoms with E-state index in [4.69, 9.17) is 10.5 Å². The fourth-order valence-electron chi connectivity index (χ4n) is 1.90. The number of nitro benzene ring substituents is 1. The molecule has 0 saturated heterocycles. The number of para-hydroxylation sites is 1. The summed E-state index contributed by atoms with van der Waals surface area (Å²) in [7, 11) is 0. The third-order valence-electron chi connectivity index (χ3n) is 2.77. The first-order valence-corrected chi connectivity index (χ1v) is 6.32. The van der Waals surface area contributed by atoms with Crippen LogP contribution < -0.4 is 10.5 Å². The zero-order chi connectivity index (χ0) is 14.5. The fourth-order valence-corrected chi connectivity index (χ4v) is 1.90. The van der Waals surface area contributed by atoms with Crippen LogP contribution in [0.1, 0.15) is 12.5 Å². The predicted octanol–water partition coefficient (Wildman–Crippen LogP) is 3.28. The van der Waals surface area contributed by atoms with E-state index in [-0.39, 0.29) is 11.7 Å². The zero-order valence-electron chi connectivity index (χ0n) is 11.2. The molecule has 0 saturated carbocycles. The molecular weight excluding hydrogens is 256 g/mol. The summed E-state index contributed by atoms with van der Waals surface area (Å²) in [4.78, 5) is 10.4. The highest BCUT2D eigenvalue weighted by Crippen LogP contribution is 2.29. The van der Waals surface area contributed by atoms with Crippen molar-refractivity contribution in [3.8, 4) is 11.5 Å². The first-order chi connectivity index (χ1) is 9.56. The first-order valence-electron chi connectivity index (χ1n) is 6.32. The van der Waals surface area contributed by atoms with Gasteiger partial charge in [0.15, 0.2) is 0 Å². The molecule has 0 radical (unpaired) electrons. The predicted molar refractivity (Wildman–Crippen MR) is 77.0 cm³/mol. The number of rotatable bonds is 5. The molecule has 2 aromatic rings. The van der Waals surface area contributed by atoms with E-state index in [1.54, 1.807) is 6.07 Å². The summed E-state index contributed by atoms with van der Waals surface area (Å²) in [5.41, 5.74) is 6.56. The average Bonchev–Trinajstić information content (AvgIpc) is 2.41. The molecule has 0 amide bonds. The standard InChI is InChI=1S/C15H16N2O3/c1-11(16)9-12-10-13(17(18)19)7-8-15(12)20-14-5-3-2-4-6-14/h2-8,10-11H,9,16H2,1H3. The van der Waals surface area contributed by atoms with Crippen molar-refractivity contribution in [2.24, 2.45) is 5.73 Å². The number of hydrogen-bond donors (Lipinski definition) is 1. The molecular formula is C15H16N2O3. The van der Waals surface area contributed by atoms with E-state index in [1.807, 2.05) is 37.3 Å². The van der Waals surface area contributed by atoms with Gasteiger partial charge in [-0.15, -0.1) is 0 Å². The van der Waals surface area contributed by atoms with E-state index < -0.39 is 4.92 Å². The number of nitro groups is 1. The molecule has 0 fully saturated rings. The molecule has 0 aromatic heterocycles. The van der Waals surface area contributed by atoms with Crippen LogP contribution in [0.5, 0.6) is 11.5 Å². The van der Waals surface area contributed by atoms with Crippen molar-refractivity contribution < 1.29 is 9.66 Å². The maximum Gasteiger partial charge on any atom is 0.269 e. The monoisotopic (exact) mass is 272 g/mol. The summed E-state index contributed by atoms with van der Waals surface area (Å²) >= 11 is 0. The average molecular weight is 272 g/mol. The molecule has 2 N–H and O–H groups in total. The molecule has 2 aromatic carbocycles. The Labute approximate surface area is 117 Å². The van der Waals surface area contributed by atoms with Gasteiger partial charge in [-0.3, -0.25) is 10.1 Å². The van der Waals surface area contributed by atoms with Crippen molar-refractivity contribution >= 4 is 5.69 Å². The van der Waals surface area contributed by atoms with Gasteiger partial charge in [0.1, 0.15) is 11.5 Å². The lowest BCUT2D eigenvalue weighted by molar-refractivity contribution is -0.384. The molecule has 0 aliphatic heterocycles. The Hall–Kier alpha value is -2.40. The number of non-ortho nitro benzene ring substituents is 1. The Morgan fingerprint density at radius 1 is 1.25 bits per heavy atom. The van der Waals surface area contributed by atoms with E-state index in [2.05, 4.69) is 0 Å². The van der Waals surface area contributed by atoms with E-state index in [0.717, 1.165) is 5.56 Å². The highest BCUT2D eigenvalue weighted by atomic mass is 16.6. The van der Waals surface area contributed by atoms with Crippen LogP contribution in [0.2, 0.25) is 0 Å². The van der Waals surface area contributed by atoms with E-state index in [0.29, 0.717) is 17.9 Å². The fraction of sp³-hybridized carbons (Fsp3) is 0.200. The van der Waals surface area contributed by atoms with Gasteiger partial charge in [-0.25, -0.2) is 0 Å². The topological polar surface area (TPSA) is 78.4 Å². The Morgan fingerprint density at radius 2 is 1.95 bits per heavy atom. The zero-order valence-corrected chi connectivity index (χ0v) is 11.2. The van der Waals surface area contributed by atoms with E-state index >= 15 is 0 Å². The van der Waals surface area contributed by atoms with Gasteiger partial charge in [-0.2, -0.15) is 0 Å². The Balaban J connectivity index is 2.33. The number of ether oxygens (including phenoxy) is 1. The highest BCUT2D eigenvalue weighted by molar-refractivity contribution is 5.46. The maximum absolute atomic E-state index is 10.8. The quantitative estimate of drug-likeness (QED) is 0.669. The van der Waals surface area contributed by atoms with Gasteiger partial charge in [-0.1, -0.05) is 18.2 Å². The van der Waals surface area contributed by atoms with E-state index in [9.17, 15) is 10.1 Å². The van der Waals surface area contributed by atoms with Crippen LogP contribution in [0.4, 0.5) is 5.69 Å². The molecule has 0 aliphatic carbocycles. The second kappa shape index (κ2) is 6.16. The molecule has 104 valence electrons. The lowest BCUT2D eigenvalue weighted by atomic mass is 10.1. The van der Waals surface area contributed by atoms with Crippen LogP contribution in [0, 0.1) is 10.1 Å². The van der Waals surface area contributed by atoms with Crippen molar-refractivity contribution in [3.63, 3.8) is 0 Å². The normalized spacial score (nSPS) is 11.9. The lowest BCUT2D eigenvalue weighted by Crippen LogP contribution is -2.18. The molecule has 2 rings (SSSR count). The van der Waals surface area contributed by atoms with Crippen LogP contribution in [-0.4, -0.2) is 11.0 Å². The minimum absolute atomic E-state index is 0.0426. The van der Waals surface area contributed by atoms with Gasteiger partial charge >= 0.3 is 0 Å². The summed E-state index contributed by atoms with van der Waals surface area (Å²) in [5.74, 6) is 1.28. The van der Waals surface area contributed by atoms with Gasteiger partial charge in [0.25, 0.3) is 5.69 Å². The molecule has 0 aliphatic rings. The second-order valence-electron chi connectivity index (χ2n) is 4.65. The highest BCUT2D eigenvalue weighted by Gasteiger charge is 2.13. The maximum atomic E-state index is 10.8. The first kappa shape index (κ1) is 14.0. The van der Waals surface area contributed by atoms with Crippen molar-refractivity contribution in [1.29, 1.82) is 0 Å². The SMILES string of the molecule is CC(N)Cc1cc([N+](=O)[O-])ccc1Oc1ccccc1. The molecule has 5 nitrogen and oxygen atoms in total. The third kappa shape index (κ3) is 3.55. The summed E-state index contributed by atoms with van der Waals surface area (Å²) in [6.45, 7) is 1.85. The molecule has 0 bridgehead atoms. The number of nitrogens with zero attached hydrogens (tertiary/aromatic N) is 1. The summed E-state index contributed by atoms with van der Waals surface area (Å²) in [6.07, 6.45) is 0.518. The van der Waals surface area contributed by atoms with Crippen molar-refractivity contribution in [1.82, 2.24) is 0 Å². The minimum atomic E-state index is -0.420. The van der Waals surface area contributed by atoms with Gasteiger partial charge in [0.2, 0.25) is 0 Å². The van der Waals surface area contributed by atoms with Gasteiger partial charge < -0.3 is 10.5 Å². The number of hydrogen-bond acceptors (Lipinski definition) is 4. The van der Waals surface area contributed by atoms with Crippen LogP contribution in [0.15, 0.2) is 48.5 Å². The molecule has 1 atom stereocenters.